The molecule has 1 N–H and O–H groups in total. The van der Waals surface area contributed by atoms with Gasteiger partial charge in [-0.25, -0.2) is 9.37 Å². The van der Waals surface area contributed by atoms with Gasteiger partial charge in [0, 0.05) is 5.56 Å². The number of aromatic nitrogens is 1. The summed E-state index contributed by atoms with van der Waals surface area (Å²) in [5, 5.41) is 11.7. The van der Waals surface area contributed by atoms with Crippen LogP contribution in [0.1, 0.15) is 37.4 Å². The Balaban J connectivity index is 1.70. The average Bonchev–Trinajstić information content (AvgIpc) is 3.49. The number of halogens is 1. The third kappa shape index (κ3) is 4.98. The molecule has 1 unspecified atom stereocenters. The smallest absolute Gasteiger partial charge is 0.301 e. The monoisotopic (exact) mass is 562 g/mol. The molecular weight excluding hydrogens is 535 g/mol. The molecule has 0 saturated carbocycles. The highest BCUT2D eigenvalue weighted by Crippen LogP contribution is 2.46. The highest BCUT2D eigenvalue weighted by Gasteiger charge is 2.48. The minimum atomic E-state index is -1.05. The van der Waals surface area contributed by atoms with E-state index in [1.165, 1.54) is 30.2 Å². The maximum atomic E-state index is 13.9. The molecule has 206 valence electrons. The minimum Gasteiger partial charge on any atom is -0.507 e. The number of hydrogen-bond acceptors (Lipinski definition) is 8. The van der Waals surface area contributed by atoms with Crippen LogP contribution in [0.15, 0.2) is 66.2 Å². The Hall–Kier alpha value is -4.44. The van der Waals surface area contributed by atoms with Crippen molar-refractivity contribution >= 4 is 44.1 Å². The van der Waals surface area contributed by atoms with E-state index in [0.29, 0.717) is 51.8 Å². The predicted molar refractivity (Wildman–Crippen MR) is 151 cm³/mol. The number of hydrogen-bond donors (Lipinski definition) is 1. The van der Waals surface area contributed by atoms with Crippen molar-refractivity contribution in [2.24, 2.45) is 0 Å². The van der Waals surface area contributed by atoms with Gasteiger partial charge in [-0.1, -0.05) is 36.5 Å². The largest absolute Gasteiger partial charge is 0.507 e. The number of rotatable bonds is 9. The van der Waals surface area contributed by atoms with Crippen LogP contribution in [-0.4, -0.2) is 42.1 Å². The quantitative estimate of drug-likeness (QED) is 0.146. The molecule has 4 aromatic rings. The Morgan fingerprint density at radius 3 is 2.62 bits per heavy atom. The number of nitrogens with zero attached hydrogens (tertiary/aromatic N) is 2. The lowest BCUT2D eigenvalue weighted by molar-refractivity contribution is -0.132. The molecule has 40 heavy (non-hydrogen) atoms. The van der Waals surface area contributed by atoms with Gasteiger partial charge in [0.2, 0.25) is 0 Å². The SMILES string of the molecule is CCCOc1cccc(C(O)=C2C(=O)C(=O)N(c3nc4ccc(F)cc4s3)C2c2ccc(OCC)c(OC)c2)c1. The van der Waals surface area contributed by atoms with E-state index in [4.69, 9.17) is 14.2 Å². The normalized spacial score (nSPS) is 16.5. The maximum absolute atomic E-state index is 13.9. The number of aliphatic hydroxyl groups is 1. The van der Waals surface area contributed by atoms with Gasteiger partial charge in [0.1, 0.15) is 17.3 Å². The van der Waals surface area contributed by atoms with Crippen LogP contribution in [0, 0.1) is 5.82 Å². The van der Waals surface area contributed by atoms with E-state index in [1.807, 2.05) is 13.8 Å². The molecule has 1 aromatic heterocycles. The molecular formula is C30H27FN2O6S. The first-order valence-electron chi connectivity index (χ1n) is 12.8. The van der Waals surface area contributed by atoms with Crippen molar-refractivity contribution in [2.45, 2.75) is 26.3 Å². The maximum Gasteiger partial charge on any atom is 0.301 e. The van der Waals surface area contributed by atoms with E-state index in [9.17, 15) is 19.1 Å². The molecule has 0 bridgehead atoms. The number of amides is 1. The number of carbonyl (C=O) groups excluding carboxylic acids is 2. The number of benzene rings is 3. The number of ether oxygens (including phenoxy) is 3. The summed E-state index contributed by atoms with van der Waals surface area (Å²) < 4.78 is 31.3. The lowest BCUT2D eigenvalue weighted by Gasteiger charge is -2.24. The fraction of sp³-hybridized carbons (Fsp3) is 0.233. The predicted octanol–water partition coefficient (Wildman–Crippen LogP) is 6.26. The molecule has 1 aliphatic rings. The van der Waals surface area contributed by atoms with Crippen LogP contribution in [0.5, 0.6) is 17.2 Å². The lowest BCUT2D eigenvalue weighted by Crippen LogP contribution is -2.29. The topological polar surface area (TPSA) is 98.2 Å². The Morgan fingerprint density at radius 1 is 1.05 bits per heavy atom. The molecule has 1 aliphatic heterocycles. The highest BCUT2D eigenvalue weighted by atomic mass is 32.1. The highest BCUT2D eigenvalue weighted by molar-refractivity contribution is 7.22. The molecule has 1 amide bonds. The van der Waals surface area contributed by atoms with Crippen molar-refractivity contribution in [3.05, 3.63) is 83.2 Å². The summed E-state index contributed by atoms with van der Waals surface area (Å²) >= 11 is 1.08. The van der Waals surface area contributed by atoms with Gasteiger partial charge < -0.3 is 19.3 Å². The molecule has 8 nitrogen and oxygen atoms in total. The number of methoxy groups -OCH3 is 1. The fourth-order valence-corrected chi connectivity index (χ4v) is 5.59. The molecule has 2 heterocycles. The molecule has 1 saturated heterocycles. The first-order chi connectivity index (χ1) is 19.4. The van der Waals surface area contributed by atoms with E-state index in [1.54, 1.807) is 42.5 Å². The number of aliphatic hydroxyl groups excluding tert-OH is 1. The van der Waals surface area contributed by atoms with Crippen molar-refractivity contribution in [1.29, 1.82) is 0 Å². The van der Waals surface area contributed by atoms with Crippen molar-refractivity contribution in [1.82, 2.24) is 4.98 Å². The van der Waals surface area contributed by atoms with Gasteiger partial charge in [-0.05, 0) is 61.4 Å². The van der Waals surface area contributed by atoms with Crippen LogP contribution in [0.2, 0.25) is 0 Å². The lowest BCUT2D eigenvalue weighted by atomic mass is 9.95. The second kappa shape index (κ2) is 11.4. The number of anilines is 1. The summed E-state index contributed by atoms with van der Waals surface area (Å²) in [6.45, 7) is 4.72. The minimum absolute atomic E-state index is 0.116. The average molecular weight is 563 g/mol. The zero-order valence-electron chi connectivity index (χ0n) is 22.1. The Morgan fingerprint density at radius 2 is 1.88 bits per heavy atom. The van der Waals surface area contributed by atoms with Gasteiger partial charge in [-0.3, -0.25) is 14.5 Å². The second-order valence-electron chi connectivity index (χ2n) is 9.00. The molecule has 0 spiro atoms. The third-order valence-corrected chi connectivity index (χ3v) is 7.39. The fourth-order valence-electron chi connectivity index (χ4n) is 4.57. The van der Waals surface area contributed by atoms with Gasteiger partial charge in [0.25, 0.3) is 5.78 Å². The van der Waals surface area contributed by atoms with Crippen LogP contribution in [0.3, 0.4) is 0 Å². The summed E-state index contributed by atoms with van der Waals surface area (Å²) in [7, 11) is 1.49. The summed E-state index contributed by atoms with van der Waals surface area (Å²) in [4.78, 5) is 32.9. The molecule has 0 radical (unpaired) electrons. The molecule has 3 aromatic carbocycles. The zero-order valence-corrected chi connectivity index (χ0v) is 23.0. The Kier molecular flexibility index (Phi) is 7.70. The van der Waals surface area contributed by atoms with Gasteiger partial charge in [-0.15, -0.1) is 0 Å². The number of fused-ring (bicyclic) bond motifs is 1. The number of ketones is 1. The molecule has 1 fully saturated rings. The molecule has 10 heteroatoms. The van der Waals surface area contributed by atoms with Crippen molar-refractivity contribution in [2.75, 3.05) is 25.2 Å². The first kappa shape index (κ1) is 27.1. The number of Topliss-reactive ketones (excluding diaryl/α,β-unsaturated/α-hetero) is 1. The summed E-state index contributed by atoms with van der Waals surface area (Å²) in [6.07, 6.45) is 0.799. The van der Waals surface area contributed by atoms with Crippen LogP contribution >= 0.6 is 11.3 Å². The van der Waals surface area contributed by atoms with E-state index >= 15 is 0 Å². The van der Waals surface area contributed by atoms with Crippen LogP contribution in [-0.2, 0) is 9.59 Å². The van der Waals surface area contributed by atoms with Crippen LogP contribution in [0.4, 0.5) is 9.52 Å². The Labute approximate surface area is 234 Å². The van der Waals surface area contributed by atoms with Crippen molar-refractivity contribution in [3.63, 3.8) is 0 Å². The molecule has 1 atom stereocenters. The zero-order chi connectivity index (χ0) is 28.4. The summed E-state index contributed by atoms with van der Waals surface area (Å²) in [5.41, 5.74) is 1.17. The van der Waals surface area contributed by atoms with Gasteiger partial charge >= 0.3 is 5.91 Å². The van der Waals surface area contributed by atoms with Gasteiger partial charge in [0.15, 0.2) is 16.6 Å². The Bertz CT molecular complexity index is 1630. The number of carbonyl (C=O) groups is 2. The molecule has 0 aliphatic carbocycles. The number of thiazole rings is 1. The second-order valence-corrected chi connectivity index (χ2v) is 10.0. The van der Waals surface area contributed by atoms with Crippen molar-refractivity contribution in [3.8, 4) is 17.2 Å². The van der Waals surface area contributed by atoms with E-state index in [-0.39, 0.29) is 16.5 Å². The summed E-state index contributed by atoms with van der Waals surface area (Å²) in [5.74, 6) is -1.13. The van der Waals surface area contributed by atoms with Gasteiger partial charge in [-0.2, -0.15) is 0 Å². The van der Waals surface area contributed by atoms with Crippen LogP contribution < -0.4 is 19.1 Å². The first-order valence-corrected chi connectivity index (χ1v) is 13.6. The van der Waals surface area contributed by atoms with Gasteiger partial charge in [0.05, 0.1) is 42.2 Å². The standard InChI is InChI=1S/C30H27FN2O6S/c1-4-13-39-20-8-6-7-18(14-20)27(34)25-26(17-9-12-22(38-5-2)23(15-17)37-3)33(29(36)28(25)35)30-32-21-11-10-19(31)16-24(21)40-30/h6-12,14-16,26,34H,4-5,13H2,1-3H3. The van der Waals surface area contributed by atoms with E-state index in [0.717, 1.165) is 17.8 Å². The van der Waals surface area contributed by atoms with E-state index < -0.39 is 23.5 Å². The summed E-state index contributed by atoms with van der Waals surface area (Å²) in [6, 6.07) is 14.8. The van der Waals surface area contributed by atoms with Crippen molar-refractivity contribution < 1.29 is 33.3 Å². The van der Waals surface area contributed by atoms with Crippen LogP contribution in [0.25, 0.3) is 16.0 Å². The molecule has 5 rings (SSSR count). The van der Waals surface area contributed by atoms with E-state index in [2.05, 4.69) is 4.98 Å². The third-order valence-electron chi connectivity index (χ3n) is 6.37.